The van der Waals surface area contributed by atoms with Crippen molar-refractivity contribution in [3.63, 3.8) is 0 Å². The molecule has 0 fully saturated rings. The van der Waals surface area contributed by atoms with Crippen molar-refractivity contribution in [3.05, 3.63) is 41.0 Å². The fraction of sp³-hybridized carbons (Fsp3) is 0.714. The van der Waals surface area contributed by atoms with Crippen molar-refractivity contribution in [1.82, 2.24) is 0 Å². The van der Waals surface area contributed by atoms with Crippen molar-refractivity contribution in [2.45, 2.75) is 117 Å². The Balaban J connectivity index is 2.28. The Bertz CT molecular complexity index is 793. The molecule has 0 bridgehead atoms. The normalized spacial score (nSPS) is 14.7. The highest BCUT2D eigenvalue weighted by Crippen LogP contribution is 2.23. The molecule has 1 N–H and O–H groups in total. The molecule has 0 spiro atoms. The summed E-state index contributed by atoms with van der Waals surface area (Å²) in [6.07, 6.45) is 15.4. The van der Waals surface area contributed by atoms with Crippen LogP contribution in [-0.4, -0.2) is 13.0 Å². The zero-order chi connectivity index (χ0) is 24.1. The first-order valence-corrected chi connectivity index (χ1v) is 14.2. The van der Waals surface area contributed by atoms with Gasteiger partial charge in [-0.15, -0.1) is 0 Å². The average molecular weight is 465 g/mol. The van der Waals surface area contributed by atoms with Crippen LogP contribution >= 0.6 is 0 Å². The third-order valence-corrected chi connectivity index (χ3v) is 7.49. The van der Waals surface area contributed by atoms with Crippen molar-refractivity contribution >= 4 is 10.1 Å². The molecule has 2 unspecified atom stereocenters. The van der Waals surface area contributed by atoms with E-state index < -0.39 is 10.1 Å². The van der Waals surface area contributed by atoms with Gasteiger partial charge in [-0.3, -0.25) is 4.55 Å². The molecular formula is C28H48O3S. The molecule has 3 nitrogen and oxygen atoms in total. The Morgan fingerprint density at radius 3 is 2.06 bits per heavy atom. The quantitative estimate of drug-likeness (QED) is 0.197. The van der Waals surface area contributed by atoms with Crippen LogP contribution in [-0.2, 0) is 16.5 Å². The Kier molecular flexibility index (Phi) is 13.5. The third-order valence-electron chi connectivity index (χ3n) is 6.54. The van der Waals surface area contributed by atoms with Gasteiger partial charge in [0.05, 0.1) is 4.90 Å². The number of hydrogen-bond donors (Lipinski definition) is 1. The molecule has 0 aromatic heterocycles. The lowest BCUT2D eigenvalue weighted by Crippen LogP contribution is -2.03. The van der Waals surface area contributed by atoms with Crippen LogP contribution < -0.4 is 0 Å². The lowest BCUT2D eigenvalue weighted by Gasteiger charge is -2.15. The average Bonchev–Trinajstić information content (AvgIpc) is 2.66. The lowest BCUT2D eigenvalue weighted by molar-refractivity contribution is 0.389. The Morgan fingerprint density at radius 1 is 0.938 bits per heavy atom. The zero-order valence-corrected chi connectivity index (χ0v) is 22.3. The first-order chi connectivity index (χ1) is 15.0. The Hall–Kier alpha value is -1.13. The van der Waals surface area contributed by atoms with Crippen LogP contribution in [0.4, 0.5) is 0 Å². The monoisotopic (exact) mass is 464 g/mol. The maximum Gasteiger partial charge on any atom is 0.294 e. The number of hydrogen-bond acceptors (Lipinski definition) is 2. The van der Waals surface area contributed by atoms with E-state index in [0.717, 1.165) is 36.2 Å². The molecule has 1 aromatic rings. The second-order valence-corrected chi connectivity index (χ2v) is 11.9. The molecule has 0 aliphatic carbocycles. The van der Waals surface area contributed by atoms with Gasteiger partial charge in [0.15, 0.2) is 0 Å². The summed E-state index contributed by atoms with van der Waals surface area (Å²) in [7, 11) is -4.17. The van der Waals surface area contributed by atoms with Gasteiger partial charge in [-0.2, -0.15) is 8.42 Å². The molecule has 0 aliphatic rings. The van der Waals surface area contributed by atoms with Crippen molar-refractivity contribution in [2.24, 2.45) is 17.8 Å². The summed E-state index contributed by atoms with van der Waals surface area (Å²) in [4.78, 5) is 0.0391. The van der Waals surface area contributed by atoms with Crippen molar-refractivity contribution in [2.75, 3.05) is 0 Å². The predicted molar refractivity (Wildman–Crippen MR) is 138 cm³/mol. The van der Waals surface area contributed by atoms with Gasteiger partial charge in [0, 0.05) is 0 Å². The molecule has 0 heterocycles. The van der Waals surface area contributed by atoms with Crippen LogP contribution in [0.25, 0.3) is 0 Å². The predicted octanol–water partition coefficient (Wildman–Crippen LogP) is 8.56. The number of aryl methyl sites for hydroxylation is 2. The summed E-state index contributed by atoms with van der Waals surface area (Å²) in [5, 5.41) is 0. The highest BCUT2D eigenvalue weighted by atomic mass is 32.2. The van der Waals surface area contributed by atoms with Crippen molar-refractivity contribution in [3.8, 4) is 0 Å². The number of allylic oxidation sites excluding steroid dienone is 2. The van der Waals surface area contributed by atoms with Crippen LogP contribution in [0.15, 0.2) is 34.7 Å². The van der Waals surface area contributed by atoms with Crippen LogP contribution in [0.3, 0.4) is 0 Å². The van der Waals surface area contributed by atoms with Crippen molar-refractivity contribution in [1.29, 1.82) is 0 Å². The van der Waals surface area contributed by atoms with Gasteiger partial charge in [0.25, 0.3) is 10.1 Å². The van der Waals surface area contributed by atoms with Crippen molar-refractivity contribution < 1.29 is 13.0 Å². The minimum absolute atomic E-state index is 0.0391. The van der Waals surface area contributed by atoms with E-state index >= 15 is 0 Å². The summed E-state index contributed by atoms with van der Waals surface area (Å²) >= 11 is 0. The summed E-state index contributed by atoms with van der Waals surface area (Å²) in [6, 6.07) is 5.09. The molecule has 1 rings (SSSR count). The second-order valence-electron chi connectivity index (χ2n) is 10.5. The molecule has 0 radical (unpaired) electrons. The van der Waals surface area contributed by atoms with Crippen LogP contribution in [0.5, 0.6) is 0 Å². The third kappa shape index (κ3) is 12.8. The van der Waals surface area contributed by atoms with Crippen LogP contribution in [0, 0.1) is 24.7 Å². The maximum atomic E-state index is 11.6. The topological polar surface area (TPSA) is 54.4 Å². The molecule has 2 atom stereocenters. The maximum absolute atomic E-state index is 11.6. The van der Waals surface area contributed by atoms with Gasteiger partial charge < -0.3 is 0 Å². The molecule has 0 saturated carbocycles. The van der Waals surface area contributed by atoms with E-state index in [1.165, 1.54) is 63.0 Å². The minimum Gasteiger partial charge on any atom is -0.282 e. The Labute approximate surface area is 198 Å². The van der Waals surface area contributed by atoms with Gasteiger partial charge in [0.1, 0.15) is 0 Å². The van der Waals surface area contributed by atoms with Gasteiger partial charge >= 0.3 is 0 Å². The highest BCUT2D eigenvalue weighted by Gasteiger charge is 2.14. The summed E-state index contributed by atoms with van der Waals surface area (Å²) < 4.78 is 32.6. The van der Waals surface area contributed by atoms with E-state index in [9.17, 15) is 13.0 Å². The first-order valence-electron chi connectivity index (χ1n) is 12.7. The molecule has 4 heteroatoms. The first kappa shape index (κ1) is 28.9. The van der Waals surface area contributed by atoms with E-state index in [-0.39, 0.29) is 4.90 Å². The van der Waals surface area contributed by atoms with E-state index in [1.54, 1.807) is 6.07 Å². The largest absolute Gasteiger partial charge is 0.294 e. The molecule has 0 saturated heterocycles. The number of rotatable bonds is 16. The summed E-state index contributed by atoms with van der Waals surface area (Å²) in [5.74, 6) is 2.48. The van der Waals surface area contributed by atoms with Gasteiger partial charge in [-0.25, -0.2) is 0 Å². The molecule has 0 amide bonds. The molecular weight excluding hydrogens is 416 g/mol. The van der Waals surface area contributed by atoms with E-state index in [4.69, 9.17) is 0 Å². The fourth-order valence-electron chi connectivity index (χ4n) is 4.44. The second kappa shape index (κ2) is 14.9. The minimum atomic E-state index is -4.17. The number of benzene rings is 1. The van der Waals surface area contributed by atoms with Crippen LogP contribution in [0.1, 0.15) is 110 Å². The van der Waals surface area contributed by atoms with E-state index in [1.807, 2.05) is 13.0 Å². The summed E-state index contributed by atoms with van der Waals surface area (Å²) in [5.41, 5.74) is 3.08. The van der Waals surface area contributed by atoms with Gasteiger partial charge in [-0.1, -0.05) is 102 Å². The molecule has 0 aliphatic heterocycles. The standard InChI is InChI=1S/C28H48O3S/c1-22(2)11-7-12-23(3)13-8-14-24(4)15-9-16-25(5)17-10-18-27-21-26(6)19-20-28(27)32(29,30)31/h17,19-24H,7-16,18H2,1-6H3,(H,29,30,31). The van der Waals surface area contributed by atoms with Crippen LogP contribution in [0.2, 0.25) is 0 Å². The Morgan fingerprint density at radius 2 is 1.50 bits per heavy atom. The van der Waals surface area contributed by atoms with E-state index in [2.05, 4.69) is 40.7 Å². The van der Waals surface area contributed by atoms with Gasteiger partial charge in [-0.05, 0) is 68.9 Å². The summed E-state index contributed by atoms with van der Waals surface area (Å²) in [6.45, 7) is 13.5. The SMILES string of the molecule is CC(=CCCc1cc(C)ccc1S(=O)(=O)O)CCCC(C)CCCC(C)CCCC(C)C. The zero-order valence-electron chi connectivity index (χ0n) is 21.5. The lowest BCUT2D eigenvalue weighted by atomic mass is 9.91. The molecule has 1 aromatic carbocycles. The van der Waals surface area contributed by atoms with E-state index in [0.29, 0.717) is 12.0 Å². The molecule has 184 valence electrons. The smallest absolute Gasteiger partial charge is 0.282 e. The molecule has 32 heavy (non-hydrogen) atoms. The highest BCUT2D eigenvalue weighted by molar-refractivity contribution is 7.85. The fourth-order valence-corrected chi connectivity index (χ4v) is 5.17. The van der Waals surface area contributed by atoms with Gasteiger partial charge in [0.2, 0.25) is 0 Å².